The monoisotopic (exact) mass is 142 g/mol. The van der Waals surface area contributed by atoms with Crippen molar-refractivity contribution in [2.45, 2.75) is 37.9 Å². The van der Waals surface area contributed by atoms with Crippen molar-refractivity contribution >= 4 is 0 Å². The standard InChI is InChI=1S/C8H14O2/c1-3-8(10)5-4-6(2)7(8)9/h7,9-10H,2-5H2,1H3. The second-order valence-electron chi connectivity index (χ2n) is 3.02. The van der Waals surface area contributed by atoms with Gasteiger partial charge in [-0.1, -0.05) is 13.5 Å². The molecule has 0 aromatic rings. The summed E-state index contributed by atoms with van der Waals surface area (Å²) in [6.45, 7) is 5.55. The van der Waals surface area contributed by atoms with Crippen molar-refractivity contribution in [3.05, 3.63) is 12.2 Å². The van der Waals surface area contributed by atoms with E-state index in [1.54, 1.807) is 0 Å². The summed E-state index contributed by atoms with van der Waals surface area (Å²) < 4.78 is 0. The van der Waals surface area contributed by atoms with E-state index in [4.69, 9.17) is 0 Å². The Labute approximate surface area is 61.2 Å². The summed E-state index contributed by atoms with van der Waals surface area (Å²) in [6, 6.07) is 0. The first-order valence-electron chi connectivity index (χ1n) is 3.68. The molecule has 0 bridgehead atoms. The summed E-state index contributed by atoms with van der Waals surface area (Å²) in [4.78, 5) is 0. The molecule has 0 saturated heterocycles. The molecule has 2 atom stereocenters. The maximum atomic E-state index is 9.63. The van der Waals surface area contributed by atoms with Gasteiger partial charge in [0.05, 0.1) is 5.60 Å². The van der Waals surface area contributed by atoms with Gasteiger partial charge < -0.3 is 10.2 Å². The Morgan fingerprint density at radius 3 is 2.60 bits per heavy atom. The first kappa shape index (κ1) is 7.76. The highest BCUT2D eigenvalue weighted by Crippen LogP contribution is 2.35. The van der Waals surface area contributed by atoms with Gasteiger partial charge in [0.1, 0.15) is 6.10 Å². The van der Waals surface area contributed by atoms with Crippen LogP contribution in [0.15, 0.2) is 12.2 Å². The summed E-state index contributed by atoms with van der Waals surface area (Å²) >= 11 is 0. The molecule has 58 valence electrons. The SMILES string of the molecule is C=C1CCC(O)(CC)C1O. The first-order chi connectivity index (χ1) is 4.60. The lowest BCUT2D eigenvalue weighted by Crippen LogP contribution is -2.36. The number of rotatable bonds is 1. The van der Waals surface area contributed by atoms with Crippen LogP contribution in [0.4, 0.5) is 0 Å². The van der Waals surface area contributed by atoms with Crippen LogP contribution in [0, 0.1) is 0 Å². The third kappa shape index (κ3) is 0.976. The summed E-state index contributed by atoms with van der Waals surface area (Å²) in [6.07, 6.45) is 1.32. The van der Waals surface area contributed by atoms with Crippen molar-refractivity contribution in [2.75, 3.05) is 0 Å². The predicted molar refractivity (Wildman–Crippen MR) is 39.6 cm³/mol. The van der Waals surface area contributed by atoms with Crippen molar-refractivity contribution in [1.82, 2.24) is 0 Å². The fraction of sp³-hybridized carbons (Fsp3) is 0.750. The molecule has 2 nitrogen and oxygen atoms in total. The van der Waals surface area contributed by atoms with Gasteiger partial charge in [0.2, 0.25) is 0 Å². The average molecular weight is 142 g/mol. The van der Waals surface area contributed by atoms with Gasteiger partial charge in [0.25, 0.3) is 0 Å². The van der Waals surface area contributed by atoms with Crippen LogP contribution in [-0.2, 0) is 0 Å². The van der Waals surface area contributed by atoms with E-state index >= 15 is 0 Å². The van der Waals surface area contributed by atoms with E-state index in [2.05, 4.69) is 6.58 Å². The molecule has 0 amide bonds. The molecule has 2 N–H and O–H groups in total. The van der Waals surface area contributed by atoms with E-state index in [1.165, 1.54) is 0 Å². The van der Waals surface area contributed by atoms with Crippen molar-refractivity contribution in [3.63, 3.8) is 0 Å². The Balaban J connectivity index is 2.73. The van der Waals surface area contributed by atoms with E-state index in [0.717, 1.165) is 12.0 Å². The molecule has 1 saturated carbocycles. The minimum atomic E-state index is -0.878. The maximum Gasteiger partial charge on any atom is 0.103 e. The maximum absolute atomic E-state index is 9.63. The zero-order chi connectivity index (χ0) is 7.78. The minimum Gasteiger partial charge on any atom is -0.387 e. The Bertz CT molecular complexity index is 153. The predicted octanol–water partition coefficient (Wildman–Crippen LogP) is 0.838. The zero-order valence-electron chi connectivity index (χ0n) is 6.30. The molecular weight excluding hydrogens is 128 g/mol. The normalized spacial score (nSPS) is 40.7. The average Bonchev–Trinajstić information content (AvgIpc) is 2.19. The van der Waals surface area contributed by atoms with E-state index in [1.807, 2.05) is 6.92 Å². The molecule has 1 fully saturated rings. The number of hydrogen-bond donors (Lipinski definition) is 2. The van der Waals surface area contributed by atoms with E-state index < -0.39 is 11.7 Å². The lowest BCUT2D eigenvalue weighted by atomic mass is 9.96. The van der Waals surface area contributed by atoms with Gasteiger partial charge in [-0.3, -0.25) is 0 Å². The fourth-order valence-corrected chi connectivity index (χ4v) is 1.40. The third-order valence-electron chi connectivity index (χ3n) is 2.39. The van der Waals surface area contributed by atoms with Crippen LogP contribution in [0.2, 0.25) is 0 Å². The van der Waals surface area contributed by atoms with Crippen LogP contribution in [0.25, 0.3) is 0 Å². The van der Waals surface area contributed by atoms with E-state index in [-0.39, 0.29) is 0 Å². The van der Waals surface area contributed by atoms with Gasteiger partial charge in [0, 0.05) is 0 Å². The summed E-state index contributed by atoms with van der Waals surface area (Å²) in [5.74, 6) is 0. The molecule has 0 spiro atoms. The number of aliphatic hydroxyl groups excluding tert-OH is 1. The van der Waals surface area contributed by atoms with Crippen molar-refractivity contribution < 1.29 is 10.2 Å². The Kier molecular flexibility index (Phi) is 1.84. The van der Waals surface area contributed by atoms with Crippen molar-refractivity contribution in [2.24, 2.45) is 0 Å². The summed E-state index contributed by atoms with van der Waals surface area (Å²) in [5.41, 5.74) is -0.110. The van der Waals surface area contributed by atoms with Gasteiger partial charge in [-0.2, -0.15) is 0 Å². The molecule has 10 heavy (non-hydrogen) atoms. The van der Waals surface area contributed by atoms with Crippen LogP contribution in [0.1, 0.15) is 26.2 Å². The van der Waals surface area contributed by atoms with Crippen LogP contribution in [-0.4, -0.2) is 21.9 Å². The molecule has 1 rings (SSSR count). The molecule has 0 aromatic carbocycles. The largest absolute Gasteiger partial charge is 0.387 e. The molecule has 2 heteroatoms. The molecule has 0 heterocycles. The van der Waals surface area contributed by atoms with Crippen LogP contribution in [0.5, 0.6) is 0 Å². The fourth-order valence-electron chi connectivity index (χ4n) is 1.40. The van der Waals surface area contributed by atoms with Crippen LogP contribution in [0.3, 0.4) is 0 Å². The lowest BCUT2D eigenvalue weighted by Gasteiger charge is -2.24. The minimum absolute atomic E-state index is 0.604. The topological polar surface area (TPSA) is 40.5 Å². The molecule has 0 aliphatic heterocycles. The molecule has 2 unspecified atom stereocenters. The third-order valence-corrected chi connectivity index (χ3v) is 2.39. The van der Waals surface area contributed by atoms with Crippen molar-refractivity contribution in [1.29, 1.82) is 0 Å². The van der Waals surface area contributed by atoms with Gasteiger partial charge in [-0.05, 0) is 24.8 Å². The van der Waals surface area contributed by atoms with Gasteiger partial charge >= 0.3 is 0 Å². The Hall–Kier alpha value is -0.340. The molecular formula is C8H14O2. The quantitative estimate of drug-likeness (QED) is 0.532. The van der Waals surface area contributed by atoms with Gasteiger partial charge in [0.15, 0.2) is 0 Å². The highest BCUT2D eigenvalue weighted by Gasteiger charge is 2.40. The molecule has 1 aliphatic rings. The second kappa shape index (κ2) is 2.36. The molecule has 0 aromatic heterocycles. The van der Waals surface area contributed by atoms with E-state index in [0.29, 0.717) is 12.8 Å². The van der Waals surface area contributed by atoms with Gasteiger partial charge in [-0.25, -0.2) is 0 Å². The first-order valence-corrected chi connectivity index (χ1v) is 3.68. The van der Waals surface area contributed by atoms with Crippen molar-refractivity contribution in [3.8, 4) is 0 Å². The highest BCUT2D eigenvalue weighted by molar-refractivity contribution is 5.16. The molecule has 1 aliphatic carbocycles. The van der Waals surface area contributed by atoms with Gasteiger partial charge in [-0.15, -0.1) is 0 Å². The Morgan fingerprint density at radius 2 is 2.40 bits per heavy atom. The second-order valence-corrected chi connectivity index (χ2v) is 3.02. The summed E-state index contributed by atoms with van der Waals surface area (Å²) in [5, 5.41) is 19.0. The summed E-state index contributed by atoms with van der Waals surface area (Å²) in [7, 11) is 0. The number of aliphatic hydroxyl groups is 2. The van der Waals surface area contributed by atoms with Crippen LogP contribution < -0.4 is 0 Å². The molecule has 0 radical (unpaired) electrons. The van der Waals surface area contributed by atoms with Crippen LogP contribution >= 0.6 is 0 Å². The Morgan fingerprint density at radius 1 is 1.80 bits per heavy atom. The zero-order valence-corrected chi connectivity index (χ0v) is 6.30. The van der Waals surface area contributed by atoms with E-state index in [9.17, 15) is 10.2 Å². The number of hydrogen-bond acceptors (Lipinski definition) is 2. The smallest absolute Gasteiger partial charge is 0.103 e. The highest BCUT2D eigenvalue weighted by atomic mass is 16.3. The lowest BCUT2D eigenvalue weighted by molar-refractivity contribution is -0.0438.